The fourth-order valence-corrected chi connectivity index (χ4v) is 1.95. The molecular weight excluding hydrogens is 655 g/mol. The van der Waals surface area contributed by atoms with Gasteiger partial charge in [0.25, 0.3) is 0 Å². The van der Waals surface area contributed by atoms with Gasteiger partial charge in [0, 0.05) is 16.2 Å². The Labute approximate surface area is 276 Å². The molecule has 0 aliphatic rings. The van der Waals surface area contributed by atoms with Crippen LogP contribution in [0.1, 0.15) is 123 Å². The van der Waals surface area contributed by atoms with Crippen molar-refractivity contribution < 1.29 is 66.9 Å². The van der Waals surface area contributed by atoms with Crippen LogP contribution in [0, 0.1) is 91.4 Å². The van der Waals surface area contributed by atoms with E-state index in [0.717, 1.165) is 0 Å². The molecule has 6 nitrogen and oxygen atoms in total. The predicted molar refractivity (Wildman–Crippen MR) is 160 cm³/mol. The predicted octanol–water partition coefficient (Wildman–Crippen LogP) is 7.26. The smallest absolute Gasteiger partial charge is 0.331 e. The Balaban J connectivity index is -0.000000240. The van der Waals surface area contributed by atoms with Crippen molar-refractivity contribution in [2.24, 2.45) is 32.5 Å². The first-order valence-electron chi connectivity index (χ1n) is 13.4. The summed E-state index contributed by atoms with van der Waals surface area (Å²) in [6, 6.07) is 0. The largest absolute Gasteiger partial charge is 3.00 e. The molecule has 0 aliphatic carbocycles. The topological polar surface area (TPSA) is 102 Å². The van der Waals surface area contributed by atoms with Crippen LogP contribution in [0.2, 0.25) is 0 Å². The summed E-state index contributed by atoms with van der Waals surface area (Å²) in [5, 5.41) is 0. The third-order valence-electron chi connectivity index (χ3n) is 5.74. The van der Waals surface area contributed by atoms with Gasteiger partial charge in [-0.3, -0.25) is 14.4 Å². The van der Waals surface area contributed by atoms with E-state index in [1.807, 2.05) is 62.3 Å². The number of hydrogen-bond donors (Lipinski definition) is 0. The molecule has 0 saturated heterocycles. The van der Waals surface area contributed by atoms with Crippen molar-refractivity contribution >= 4 is 34.7 Å². The van der Waals surface area contributed by atoms with Crippen molar-refractivity contribution in [1.82, 2.24) is 0 Å². The molecule has 0 aromatic rings. The Morgan fingerprint density at radius 1 is 0.350 bits per heavy atom. The molecule has 1 radical (unpaired) electrons. The summed E-state index contributed by atoms with van der Waals surface area (Å²) in [6.45, 7) is 37.8. The quantitative estimate of drug-likeness (QED) is 0.184. The van der Waals surface area contributed by atoms with Gasteiger partial charge in [-0.05, 0) is 0 Å². The molecule has 0 unspecified atom stereocenters. The molecule has 0 spiro atoms. The zero-order valence-electron chi connectivity index (χ0n) is 28.0. The summed E-state index contributed by atoms with van der Waals surface area (Å²) in [4.78, 5) is 68.7. The molecule has 0 saturated carbocycles. The van der Waals surface area contributed by atoms with Crippen molar-refractivity contribution in [3.05, 3.63) is 20.8 Å². The Morgan fingerprint density at radius 2 is 0.475 bits per heavy atom. The Morgan fingerprint density at radius 3 is 0.550 bits per heavy atom. The summed E-state index contributed by atoms with van der Waals surface area (Å²) >= 11 is 0. The van der Waals surface area contributed by atoms with Gasteiger partial charge in [0.05, 0.1) is 19.3 Å². The molecule has 235 valence electrons. The first-order chi connectivity index (χ1) is 16.6. The van der Waals surface area contributed by atoms with Gasteiger partial charge in [-0.15, -0.1) is 16.2 Å². The van der Waals surface area contributed by atoms with Gasteiger partial charge in [0.1, 0.15) is 34.7 Å². The van der Waals surface area contributed by atoms with E-state index in [4.69, 9.17) is 0 Å². The number of carbonyl (C=O) groups is 6. The fourth-order valence-electron chi connectivity index (χ4n) is 1.95. The van der Waals surface area contributed by atoms with Crippen LogP contribution in [-0.2, 0) is 28.8 Å². The van der Waals surface area contributed by atoms with E-state index < -0.39 is 32.5 Å². The second-order valence-corrected chi connectivity index (χ2v) is 15.5. The van der Waals surface area contributed by atoms with Crippen molar-refractivity contribution in [3.8, 4) is 0 Å². The maximum atomic E-state index is 11.5. The van der Waals surface area contributed by atoms with Crippen LogP contribution in [0.4, 0.5) is 0 Å². The first kappa shape index (κ1) is 46.3. The molecule has 0 heterocycles. The minimum absolute atomic E-state index is 0. The van der Waals surface area contributed by atoms with E-state index in [2.05, 4.69) is 20.8 Å². The van der Waals surface area contributed by atoms with Crippen LogP contribution >= 0.6 is 0 Å². The Kier molecular flexibility index (Phi) is 19.4. The number of ketones is 6. The molecule has 0 amide bonds. The number of Topliss-reactive ketones (excluding diaryl/α,β-unsaturated/α-hetero) is 6. The maximum absolute atomic E-state index is 11.5. The number of carbonyl (C=O) groups excluding carboxylic acids is 6. The first-order valence-corrected chi connectivity index (χ1v) is 13.4. The average Bonchev–Trinajstić information content (AvgIpc) is 2.64. The molecule has 0 aliphatic heterocycles. The second kappa shape index (κ2) is 16.8. The second-order valence-electron chi connectivity index (χ2n) is 15.5. The summed E-state index contributed by atoms with van der Waals surface area (Å²) < 4.78 is 0. The Hall–Kier alpha value is -0.707. The zero-order valence-corrected chi connectivity index (χ0v) is 30.0. The van der Waals surface area contributed by atoms with E-state index in [-0.39, 0.29) is 92.1 Å². The maximum Gasteiger partial charge on any atom is 3.00 e. The summed E-state index contributed by atoms with van der Waals surface area (Å²) in [6.07, 6.45) is -0.000000000000000666. The van der Waals surface area contributed by atoms with Crippen LogP contribution in [-0.4, -0.2) is 34.7 Å². The van der Waals surface area contributed by atoms with Crippen molar-refractivity contribution in [2.45, 2.75) is 123 Å². The molecule has 7 heteroatoms. The summed E-state index contributed by atoms with van der Waals surface area (Å²) in [5.74, 6) is -0.329. The Bertz CT molecular complexity index is 693. The monoisotopic (exact) mass is 713 g/mol. The minimum atomic E-state index is -0.652. The van der Waals surface area contributed by atoms with Gasteiger partial charge in [-0.1, -0.05) is 104 Å². The van der Waals surface area contributed by atoms with Crippen LogP contribution in [0.25, 0.3) is 0 Å². The van der Waals surface area contributed by atoms with Gasteiger partial charge in [-0.2, -0.15) is 0 Å². The molecule has 0 N–H and O–H groups in total. The van der Waals surface area contributed by atoms with Crippen LogP contribution < -0.4 is 0 Å². The third kappa shape index (κ3) is 22.0. The molecule has 0 rings (SSSR count). The molecule has 0 aromatic heterocycles. The van der Waals surface area contributed by atoms with E-state index in [9.17, 15) is 28.8 Å². The van der Waals surface area contributed by atoms with Gasteiger partial charge in [0.15, 0.2) is 0 Å². The number of hydrogen-bond acceptors (Lipinski definition) is 6. The van der Waals surface area contributed by atoms with Gasteiger partial charge in [-0.25, -0.2) is 0 Å². The number of rotatable bonds is 9. The van der Waals surface area contributed by atoms with Gasteiger partial charge in [0.2, 0.25) is 0 Å². The van der Waals surface area contributed by atoms with Gasteiger partial charge >= 0.3 is 38.2 Å². The van der Waals surface area contributed by atoms with Gasteiger partial charge < -0.3 is 35.2 Å². The molecule has 0 fully saturated rings. The van der Waals surface area contributed by atoms with E-state index in [1.165, 1.54) is 0 Å². The van der Waals surface area contributed by atoms with E-state index >= 15 is 0 Å². The standard InChI is InChI=1S/3C11H19O2.Dy/c3*1-10(2,3)8(12)7-9(13)11(4,5)6;/h3*1,7H2,2-6H3;/q3*-1;+3. The zero-order chi connectivity index (χ0) is 32.6. The summed E-state index contributed by atoms with van der Waals surface area (Å²) in [7, 11) is 0. The van der Waals surface area contributed by atoms with Crippen molar-refractivity contribution in [3.63, 3.8) is 0 Å². The van der Waals surface area contributed by atoms with E-state index in [0.29, 0.717) is 0 Å². The molecular formula is C33H57DyO6. The minimum Gasteiger partial charge on any atom is -0.331 e. The molecule has 0 aromatic carbocycles. The van der Waals surface area contributed by atoms with E-state index in [1.54, 1.807) is 41.5 Å². The molecule has 40 heavy (non-hydrogen) atoms. The normalized spacial score (nSPS) is 12.4. The van der Waals surface area contributed by atoms with Crippen molar-refractivity contribution in [2.75, 3.05) is 0 Å². The fraction of sp³-hybridized carbons (Fsp3) is 0.727. The van der Waals surface area contributed by atoms with Crippen LogP contribution in [0.5, 0.6) is 0 Å². The SMILES string of the molecule is [CH2-]C(C)(C)C(=O)CC(=O)C(C)(C)C.[CH2-]C(C)(C)C(=O)CC(=O)C(C)(C)C.[CH2-]C(C)(C)C(=O)CC(=O)C(C)(C)C.[Dy+3]. The van der Waals surface area contributed by atoms with Crippen LogP contribution in [0.15, 0.2) is 0 Å². The molecule has 0 atom stereocenters. The third-order valence-corrected chi connectivity index (χ3v) is 5.74. The van der Waals surface area contributed by atoms with Crippen molar-refractivity contribution in [1.29, 1.82) is 0 Å². The molecule has 0 bridgehead atoms. The summed E-state index contributed by atoms with van der Waals surface area (Å²) in [5.41, 5.74) is -3.24. The average molecular weight is 712 g/mol. The van der Waals surface area contributed by atoms with Crippen LogP contribution in [0.3, 0.4) is 0 Å².